The molecule has 0 bridgehead atoms. The van der Waals surface area contributed by atoms with Crippen molar-refractivity contribution in [3.05, 3.63) is 28.6 Å². The second-order valence-corrected chi connectivity index (χ2v) is 9.16. The van der Waals surface area contributed by atoms with E-state index in [1.807, 2.05) is 4.90 Å². The van der Waals surface area contributed by atoms with Gasteiger partial charge in [0.2, 0.25) is 0 Å². The van der Waals surface area contributed by atoms with Crippen molar-refractivity contribution in [3.63, 3.8) is 0 Å². The van der Waals surface area contributed by atoms with Crippen LogP contribution in [-0.4, -0.2) is 39.8 Å². The fraction of sp³-hybridized carbons (Fsp3) is 0.714. The van der Waals surface area contributed by atoms with Crippen LogP contribution in [-0.2, 0) is 6.54 Å². The molecule has 5 rings (SSSR count). The maximum Gasteiger partial charge on any atom is 0.254 e. The van der Waals surface area contributed by atoms with Gasteiger partial charge in [0.15, 0.2) is 0 Å². The van der Waals surface area contributed by atoms with E-state index in [9.17, 15) is 4.79 Å². The summed E-state index contributed by atoms with van der Waals surface area (Å²) in [6, 6.07) is 2.69. The van der Waals surface area contributed by atoms with Crippen molar-refractivity contribution in [1.82, 2.24) is 14.8 Å². The van der Waals surface area contributed by atoms with Gasteiger partial charge in [-0.05, 0) is 70.9 Å². The third-order valence-corrected chi connectivity index (χ3v) is 6.98. The summed E-state index contributed by atoms with van der Waals surface area (Å²) in [5, 5.41) is 0. The third kappa shape index (κ3) is 2.52. The van der Waals surface area contributed by atoms with Crippen LogP contribution >= 0.6 is 0 Å². The van der Waals surface area contributed by atoms with Gasteiger partial charge < -0.3 is 4.90 Å². The van der Waals surface area contributed by atoms with Crippen LogP contribution in [0.25, 0.3) is 0 Å². The fourth-order valence-electron chi connectivity index (χ4n) is 4.76. The lowest BCUT2D eigenvalue weighted by Crippen LogP contribution is -2.30. The molecule has 2 aliphatic carbocycles. The molecule has 2 saturated carbocycles. The number of hydrogen-bond acceptors (Lipinski definition) is 3. The largest absolute Gasteiger partial charge is 0.332 e. The molecule has 25 heavy (non-hydrogen) atoms. The number of amides is 1. The molecule has 0 aromatic carbocycles. The second-order valence-electron chi connectivity index (χ2n) is 9.16. The monoisotopic (exact) mass is 339 g/mol. The van der Waals surface area contributed by atoms with Crippen LogP contribution in [0, 0.1) is 5.41 Å². The molecule has 4 heteroatoms. The van der Waals surface area contributed by atoms with E-state index in [1.54, 1.807) is 0 Å². The molecule has 4 nitrogen and oxygen atoms in total. The minimum Gasteiger partial charge on any atom is -0.332 e. The Bertz CT molecular complexity index is 733. The molecule has 1 unspecified atom stereocenters. The first-order valence-electron chi connectivity index (χ1n) is 10.1. The Labute approximate surface area is 150 Å². The molecule has 1 amide bonds. The maximum absolute atomic E-state index is 12.9. The summed E-state index contributed by atoms with van der Waals surface area (Å²) in [6.07, 6.45) is 6.63. The molecule has 1 atom stereocenters. The third-order valence-electron chi connectivity index (χ3n) is 6.98. The lowest BCUT2D eigenvalue weighted by molar-refractivity contribution is 0.0730. The number of hydrogen-bond donors (Lipinski definition) is 0. The van der Waals surface area contributed by atoms with Crippen LogP contribution in [0.4, 0.5) is 0 Å². The van der Waals surface area contributed by atoms with E-state index in [0.717, 1.165) is 17.8 Å². The first kappa shape index (κ1) is 15.8. The molecule has 4 aliphatic rings. The first-order valence-corrected chi connectivity index (χ1v) is 10.1. The molecule has 134 valence electrons. The summed E-state index contributed by atoms with van der Waals surface area (Å²) < 4.78 is 0. The standard InChI is InChI=1S/C21H29N3O/c1-13(2)24-11-17-16(20(24)25)10-18(22-19(17)15-4-5-15)14(3)23-9-8-21(12-23)6-7-21/h10,13-15H,4-9,11-12H2,1-3H3. The van der Waals surface area contributed by atoms with E-state index in [1.165, 1.54) is 56.5 Å². The molecule has 1 aromatic heterocycles. The lowest BCUT2D eigenvalue weighted by Gasteiger charge is -2.25. The number of carbonyl (C=O) groups is 1. The van der Waals surface area contributed by atoms with Crippen LogP contribution in [0.5, 0.6) is 0 Å². The van der Waals surface area contributed by atoms with Gasteiger partial charge in [-0.15, -0.1) is 0 Å². The zero-order valence-electron chi connectivity index (χ0n) is 15.7. The van der Waals surface area contributed by atoms with E-state index in [0.29, 0.717) is 17.4 Å². The summed E-state index contributed by atoms with van der Waals surface area (Å²) >= 11 is 0. The van der Waals surface area contributed by atoms with Gasteiger partial charge in [-0.1, -0.05) is 0 Å². The van der Waals surface area contributed by atoms with Gasteiger partial charge in [-0.25, -0.2) is 0 Å². The Kier molecular flexibility index (Phi) is 3.35. The van der Waals surface area contributed by atoms with Crippen LogP contribution in [0.3, 0.4) is 0 Å². The smallest absolute Gasteiger partial charge is 0.254 e. The van der Waals surface area contributed by atoms with Gasteiger partial charge >= 0.3 is 0 Å². The van der Waals surface area contributed by atoms with Gasteiger partial charge in [0.05, 0.1) is 5.69 Å². The number of aromatic nitrogens is 1. The van der Waals surface area contributed by atoms with Crippen molar-refractivity contribution >= 4 is 5.91 Å². The van der Waals surface area contributed by atoms with Gasteiger partial charge in [-0.2, -0.15) is 0 Å². The molecule has 3 heterocycles. The van der Waals surface area contributed by atoms with Crippen molar-refractivity contribution < 1.29 is 4.79 Å². The first-order chi connectivity index (χ1) is 12.0. The Morgan fingerprint density at radius 1 is 1.20 bits per heavy atom. The number of nitrogens with zero attached hydrogens (tertiary/aromatic N) is 3. The van der Waals surface area contributed by atoms with E-state index in [4.69, 9.17) is 4.98 Å². The van der Waals surface area contributed by atoms with E-state index < -0.39 is 0 Å². The topological polar surface area (TPSA) is 36.4 Å². The Balaban J connectivity index is 1.49. The summed E-state index contributed by atoms with van der Waals surface area (Å²) in [5.41, 5.74) is 5.15. The quantitative estimate of drug-likeness (QED) is 0.835. The summed E-state index contributed by atoms with van der Waals surface area (Å²) in [5.74, 6) is 0.803. The van der Waals surface area contributed by atoms with Gasteiger partial charge in [0.25, 0.3) is 5.91 Å². The van der Waals surface area contributed by atoms with E-state index >= 15 is 0 Å². The molecular formula is C21H29N3O. The maximum atomic E-state index is 12.9. The molecule has 1 aromatic rings. The molecule has 0 radical (unpaired) electrons. The van der Waals surface area contributed by atoms with E-state index in [-0.39, 0.29) is 11.9 Å². The minimum atomic E-state index is 0.211. The van der Waals surface area contributed by atoms with Crippen LogP contribution in [0.15, 0.2) is 6.07 Å². The average molecular weight is 339 g/mol. The Hall–Kier alpha value is -1.42. The second kappa shape index (κ2) is 5.29. The van der Waals surface area contributed by atoms with Gasteiger partial charge in [0, 0.05) is 47.9 Å². The summed E-state index contributed by atoms with van der Waals surface area (Å²) in [4.78, 5) is 22.7. The van der Waals surface area contributed by atoms with Crippen molar-refractivity contribution in [2.24, 2.45) is 5.41 Å². The molecule has 0 N–H and O–H groups in total. The predicted molar refractivity (Wildman–Crippen MR) is 97.5 cm³/mol. The molecule has 1 spiro atoms. The number of pyridine rings is 1. The molecule has 2 aliphatic heterocycles. The number of likely N-dealkylation sites (tertiary alicyclic amines) is 1. The molecular weight excluding hydrogens is 310 g/mol. The zero-order chi connectivity index (χ0) is 17.3. The zero-order valence-corrected chi connectivity index (χ0v) is 15.7. The van der Waals surface area contributed by atoms with Crippen molar-refractivity contribution in [3.8, 4) is 0 Å². The highest BCUT2D eigenvalue weighted by atomic mass is 16.2. The number of rotatable bonds is 4. The number of carbonyl (C=O) groups excluding carboxylic acids is 1. The summed E-state index contributed by atoms with van der Waals surface area (Å²) in [7, 11) is 0. The summed E-state index contributed by atoms with van der Waals surface area (Å²) in [6.45, 7) is 9.66. The van der Waals surface area contributed by atoms with Gasteiger partial charge in [0.1, 0.15) is 0 Å². The Morgan fingerprint density at radius 3 is 2.56 bits per heavy atom. The highest BCUT2D eigenvalue weighted by molar-refractivity contribution is 5.99. The number of fused-ring (bicyclic) bond motifs is 1. The average Bonchev–Trinajstić information content (AvgIpc) is 3.48. The van der Waals surface area contributed by atoms with Crippen molar-refractivity contribution in [2.75, 3.05) is 13.1 Å². The Morgan fingerprint density at radius 2 is 1.96 bits per heavy atom. The minimum absolute atomic E-state index is 0.211. The van der Waals surface area contributed by atoms with Crippen LogP contribution < -0.4 is 0 Å². The van der Waals surface area contributed by atoms with E-state index in [2.05, 4.69) is 31.7 Å². The lowest BCUT2D eigenvalue weighted by atomic mass is 10.0. The fourth-order valence-corrected chi connectivity index (χ4v) is 4.76. The molecule has 3 fully saturated rings. The molecule has 1 saturated heterocycles. The normalized spacial score (nSPS) is 25.9. The highest BCUT2D eigenvalue weighted by Crippen LogP contribution is 2.54. The van der Waals surface area contributed by atoms with Crippen LogP contribution in [0.1, 0.15) is 92.1 Å². The highest BCUT2D eigenvalue weighted by Gasteiger charge is 2.49. The predicted octanol–water partition coefficient (Wildman–Crippen LogP) is 3.87. The van der Waals surface area contributed by atoms with Crippen molar-refractivity contribution in [1.29, 1.82) is 0 Å². The SMILES string of the molecule is CC(c1cc2c(c(C3CC3)n1)CN(C(C)C)C2=O)N1CCC2(CC2)C1. The van der Waals surface area contributed by atoms with Crippen molar-refractivity contribution in [2.45, 2.75) is 77.4 Å². The van der Waals surface area contributed by atoms with Crippen LogP contribution in [0.2, 0.25) is 0 Å². The van der Waals surface area contributed by atoms with Gasteiger partial charge in [-0.3, -0.25) is 14.7 Å².